The van der Waals surface area contributed by atoms with Crippen molar-refractivity contribution in [3.8, 4) is 40.0 Å². The minimum atomic E-state index is -4.60. The van der Waals surface area contributed by atoms with E-state index in [1.807, 2.05) is 0 Å². The Bertz CT molecular complexity index is 1160. The average molecular weight is 463 g/mol. The van der Waals surface area contributed by atoms with Crippen molar-refractivity contribution >= 4 is 11.6 Å². The Kier molecular flexibility index (Phi) is 6.37. The maximum Gasteiger partial charge on any atom is 0.435 e. The number of morpholine rings is 1. The molecular formula is C22H18ClF3N4O2. The molecule has 1 aliphatic heterocycles. The monoisotopic (exact) mass is 462 g/mol. The number of aromatic hydroxyl groups is 1. The van der Waals surface area contributed by atoms with Crippen LogP contribution >= 0.6 is 11.6 Å². The number of ether oxygens (including phenoxy) is 1. The van der Waals surface area contributed by atoms with Gasteiger partial charge in [-0.15, -0.1) is 0 Å². The molecule has 3 heterocycles. The average Bonchev–Trinajstić information content (AvgIpc) is 3.26. The molecule has 4 rings (SSSR count). The van der Waals surface area contributed by atoms with Gasteiger partial charge in [0.15, 0.2) is 5.69 Å². The van der Waals surface area contributed by atoms with Crippen molar-refractivity contribution in [2.75, 3.05) is 32.8 Å². The summed E-state index contributed by atoms with van der Waals surface area (Å²) >= 11 is 5.88. The molecule has 0 atom stereocenters. The smallest absolute Gasteiger partial charge is 0.435 e. The molecule has 10 heteroatoms. The van der Waals surface area contributed by atoms with Crippen LogP contribution in [-0.4, -0.2) is 58.0 Å². The molecule has 0 bridgehead atoms. The Balaban J connectivity index is 1.74. The zero-order valence-corrected chi connectivity index (χ0v) is 17.5. The lowest BCUT2D eigenvalue weighted by Crippen LogP contribution is -2.36. The van der Waals surface area contributed by atoms with Crippen LogP contribution in [0.2, 0.25) is 5.15 Å². The van der Waals surface area contributed by atoms with Crippen molar-refractivity contribution in [1.82, 2.24) is 20.1 Å². The maximum absolute atomic E-state index is 13.0. The van der Waals surface area contributed by atoms with Gasteiger partial charge in [0.25, 0.3) is 0 Å². The molecule has 6 nitrogen and oxygen atoms in total. The summed E-state index contributed by atoms with van der Waals surface area (Å²) in [6, 6.07) is 7.23. The third-order valence-corrected chi connectivity index (χ3v) is 5.21. The number of nitrogens with zero attached hydrogens (tertiary/aromatic N) is 3. The minimum Gasteiger partial charge on any atom is -0.507 e. The second-order valence-corrected chi connectivity index (χ2v) is 7.50. The zero-order valence-electron chi connectivity index (χ0n) is 16.7. The number of phenols is 1. The summed E-state index contributed by atoms with van der Waals surface area (Å²) in [6.45, 7) is 3.41. The zero-order chi connectivity index (χ0) is 22.7. The Labute approximate surface area is 187 Å². The molecule has 1 saturated heterocycles. The van der Waals surface area contributed by atoms with E-state index < -0.39 is 11.9 Å². The van der Waals surface area contributed by atoms with Crippen molar-refractivity contribution in [2.45, 2.75) is 6.18 Å². The third kappa shape index (κ3) is 4.88. The highest BCUT2D eigenvalue weighted by Crippen LogP contribution is 2.41. The first kappa shape index (κ1) is 22.1. The Morgan fingerprint density at radius 2 is 1.97 bits per heavy atom. The number of phenolic OH excluding ortho intramolecular Hbond substituents is 1. The van der Waals surface area contributed by atoms with Crippen LogP contribution in [-0.2, 0) is 10.9 Å². The van der Waals surface area contributed by atoms with Crippen LogP contribution < -0.4 is 0 Å². The number of alkyl halides is 3. The summed E-state index contributed by atoms with van der Waals surface area (Å²) in [5, 5.41) is 16.9. The molecule has 1 aliphatic rings. The molecule has 2 N–H and O–H groups in total. The van der Waals surface area contributed by atoms with Crippen molar-refractivity contribution in [3.05, 3.63) is 52.9 Å². The molecule has 1 aromatic carbocycles. The van der Waals surface area contributed by atoms with Gasteiger partial charge in [-0.25, -0.2) is 4.98 Å². The second-order valence-electron chi connectivity index (χ2n) is 7.11. The quantitative estimate of drug-likeness (QED) is 0.451. The van der Waals surface area contributed by atoms with E-state index in [2.05, 4.69) is 31.9 Å². The van der Waals surface area contributed by atoms with Crippen molar-refractivity contribution in [2.24, 2.45) is 0 Å². The summed E-state index contributed by atoms with van der Waals surface area (Å²) in [5.74, 6) is 5.93. The van der Waals surface area contributed by atoms with Gasteiger partial charge < -0.3 is 9.84 Å². The summed E-state index contributed by atoms with van der Waals surface area (Å²) < 4.78 is 44.2. The van der Waals surface area contributed by atoms with Gasteiger partial charge in [-0.3, -0.25) is 10.00 Å². The lowest BCUT2D eigenvalue weighted by molar-refractivity contribution is -0.141. The van der Waals surface area contributed by atoms with Crippen LogP contribution in [0.1, 0.15) is 11.3 Å². The predicted molar refractivity (Wildman–Crippen MR) is 113 cm³/mol. The number of hydrogen-bond donors (Lipinski definition) is 2. The second kappa shape index (κ2) is 9.20. The van der Waals surface area contributed by atoms with Gasteiger partial charge >= 0.3 is 6.18 Å². The van der Waals surface area contributed by atoms with Gasteiger partial charge in [-0.2, -0.15) is 18.3 Å². The Morgan fingerprint density at radius 1 is 1.19 bits per heavy atom. The van der Waals surface area contributed by atoms with Crippen molar-refractivity contribution in [3.63, 3.8) is 0 Å². The van der Waals surface area contributed by atoms with E-state index in [0.29, 0.717) is 36.4 Å². The number of hydrogen-bond acceptors (Lipinski definition) is 5. The van der Waals surface area contributed by atoms with E-state index in [1.165, 1.54) is 12.3 Å². The normalized spacial score (nSPS) is 14.8. The van der Waals surface area contributed by atoms with Gasteiger partial charge in [0.05, 0.1) is 25.5 Å². The number of rotatable bonds is 3. The molecule has 0 unspecified atom stereocenters. The lowest BCUT2D eigenvalue weighted by Gasteiger charge is -2.24. The van der Waals surface area contributed by atoms with E-state index in [1.54, 1.807) is 18.2 Å². The highest BCUT2D eigenvalue weighted by atomic mass is 35.5. The fourth-order valence-corrected chi connectivity index (χ4v) is 3.45. The molecule has 0 aliphatic carbocycles. The number of aromatic nitrogens is 3. The molecule has 0 saturated carbocycles. The summed E-state index contributed by atoms with van der Waals surface area (Å²) in [6.07, 6.45) is -3.12. The Hall–Kier alpha value is -3.06. The molecule has 0 spiro atoms. The van der Waals surface area contributed by atoms with Crippen LogP contribution in [0, 0.1) is 11.8 Å². The standard InChI is InChI=1S/C22H18ClF3N4O2/c23-19-6-4-15(13-27-19)20-14(2-1-7-30-8-10-32-11-9-30)3-5-16(21(20)31)17-12-18(29-28-17)22(24,25)26/h3-6,12-13,31H,7-11H2,(H,28,29). The van der Waals surface area contributed by atoms with E-state index in [-0.39, 0.29) is 22.2 Å². The summed E-state index contributed by atoms with van der Waals surface area (Å²) in [4.78, 5) is 6.20. The number of nitrogens with one attached hydrogen (secondary N) is 1. The molecule has 3 aromatic rings. The van der Waals surface area contributed by atoms with Gasteiger partial charge in [0.1, 0.15) is 10.9 Å². The topological polar surface area (TPSA) is 74.3 Å². The first-order valence-corrected chi connectivity index (χ1v) is 10.1. The first-order valence-electron chi connectivity index (χ1n) is 9.73. The molecule has 166 valence electrons. The number of pyridine rings is 1. The van der Waals surface area contributed by atoms with E-state index in [0.717, 1.165) is 19.2 Å². The molecule has 0 radical (unpaired) electrons. The SMILES string of the molecule is Oc1c(-c2cc(C(F)(F)F)n[nH]2)ccc(C#CCN2CCOCC2)c1-c1ccc(Cl)nc1. The minimum absolute atomic E-state index is 0.0332. The summed E-state index contributed by atoms with van der Waals surface area (Å²) in [5.41, 5.74) is 0.516. The molecule has 2 aromatic heterocycles. The van der Waals surface area contributed by atoms with Crippen LogP contribution in [0.5, 0.6) is 5.75 Å². The van der Waals surface area contributed by atoms with Gasteiger partial charge in [-0.1, -0.05) is 23.4 Å². The van der Waals surface area contributed by atoms with E-state index >= 15 is 0 Å². The van der Waals surface area contributed by atoms with E-state index in [4.69, 9.17) is 16.3 Å². The molecule has 0 amide bonds. The maximum atomic E-state index is 13.0. The fourth-order valence-electron chi connectivity index (χ4n) is 3.34. The fraction of sp³-hybridized carbons (Fsp3) is 0.273. The van der Waals surface area contributed by atoms with Crippen LogP contribution in [0.3, 0.4) is 0 Å². The predicted octanol–water partition coefficient (Wildman–Crippen LogP) is 4.20. The Morgan fingerprint density at radius 3 is 2.62 bits per heavy atom. The van der Waals surface area contributed by atoms with Gasteiger partial charge in [-0.05, 0) is 30.3 Å². The number of benzene rings is 1. The van der Waals surface area contributed by atoms with E-state index in [9.17, 15) is 18.3 Å². The molecular weight excluding hydrogens is 445 g/mol. The van der Waals surface area contributed by atoms with Crippen molar-refractivity contribution < 1.29 is 23.0 Å². The summed E-state index contributed by atoms with van der Waals surface area (Å²) in [7, 11) is 0. The van der Waals surface area contributed by atoms with Crippen LogP contribution in [0.15, 0.2) is 36.5 Å². The number of halogens is 4. The molecule has 32 heavy (non-hydrogen) atoms. The number of H-pyrrole nitrogens is 1. The first-order chi connectivity index (χ1) is 15.3. The highest BCUT2D eigenvalue weighted by molar-refractivity contribution is 6.29. The molecule has 1 fully saturated rings. The largest absolute Gasteiger partial charge is 0.507 e. The van der Waals surface area contributed by atoms with Gasteiger partial charge in [0, 0.05) is 41.5 Å². The van der Waals surface area contributed by atoms with Crippen molar-refractivity contribution in [1.29, 1.82) is 0 Å². The highest BCUT2D eigenvalue weighted by Gasteiger charge is 2.34. The van der Waals surface area contributed by atoms with Crippen LogP contribution in [0.4, 0.5) is 13.2 Å². The van der Waals surface area contributed by atoms with Gasteiger partial charge in [0.2, 0.25) is 0 Å². The third-order valence-electron chi connectivity index (χ3n) is 4.98. The van der Waals surface area contributed by atoms with Crippen LogP contribution in [0.25, 0.3) is 22.4 Å². The lowest BCUT2D eigenvalue weighted by atomic mass is 9.95. The number of aromatic amines is 1.